The Hall–Kier alpha value is -3.90. The van der Waals surface area contributed by atoms with Crippen LogP contribution in [0.3, 0.4) is 0 Å². The molecule has 1 aromatic heterocycles. The van der Waals surface area contributed by atoms with Crippen molar-refractivity contribution in [2.24, 2.45) is 18.4 Å². The summed E-state index contributed by atoms with van der Waals surface area (Å²) in [4.78, 5) is 0. The van der Waals surface area contributed by atoms with Crippen molar-refractivity contribution in [3.05, 3.63) is 77.0 Å². The third kappa shape index (κ3) is 3.74. The van der Waals surface area contributed by atoms with E-state index >= 15 is 0 Å². The molecule has 4 aromatic carbocycles. The van der Waals surface area contributed by atoms with E-state index in [1.807, 2.05) is 13.8 Å². The number of hydrogen-bond donors (Lipinski definition) is 0. The highest BCUT2D eigenvalue weighted by atomic mass is 16.5. The first-order chi connectivity index (χ1) is 18.1. The first-order valence-electron chi connectivity index (χ1n) is 13.6. The Bertz CT molecular complexity index is 1840. The van der Waals surface area contributed by atoms with Gasteiger partial charge >= 0.3 is 0 Å². The summed E-state index contributed by atoms with van der Waals surface area (Å²) in [7, 11) is 2.14. The number of nitrogens with zero attached hydrogens (tertiary/aromatic N) is 2. The van der Waals surface area contributed by atoms with Crippen LogP contribution in [0.1, 0.15) is 49.9 Å². The van der Waals surface area contributed by atoms with E-state index in [9.17, 15) is 5.26 Å². The smallest absolute Gasteiger partial charge is 0.228 e. The topological polar surface area (TPSA) is 36.9 Å². The normalized spacial score (nSPS) is 12.7. The van der Waals surface area contributed by atoms with Gasteiger partial charge in [0, 0.05) is 17.0 Å². The van der Waals surface area contributed by atoms with Gasteiger partial charge in [0.1, 0.15) is 18.5 Å². The molecule has 190 valence electrons. The van der Waals surface area contributed by atoms with Crippen molar-refractivity contribution in [2.45, 2.75) is 54.4 Å². The largest absolute Gasteiger partial charge is 0.455 e. The number of benzene rings is 4. The molecule has 6 rings (SSSR count). The Kier molecular flexibility index (Phi) is 5.51. The van der Waals surface area contributed by atoms with Gasteiger partial charge in [0.2, 0.25) is 5.69 Å². The van der Waals surface area contributed by atoms with Gasteiger partial charge in [0.15, 0.2) is 6.20 Å². The Morgan fingerprint density at radius 3 is 2.37 bits per heavy atom. The summed E-state index contributed by atoms with van der Waals surface area (Å²) in [5, 5.41) is 16.9. The van der Waals surface area contributed by atoms with Crippen LogP contribution in [0.25, 0.3) is 43.6 Å². The van der Waals surface area contributed by atoms with Crippen molar-refractivity contribution in [3.8, 4) is 28.8 Å². The zero-order valence-electron chi connectivity index (χ0n) is 23.5. The van der Waals surface area contributed by atoms with E-state index < -0.39 is 5.41 Å². The Balaban J connectivity index is 1.66. The van der Waals surface area contributed by atoms with Gasteiger partial charge in [0.05, 0.1) is 22.4 Å². The van der Waals surface area contributed by atoms with Crippen LogP contribution < -0.4 is 9.30 Å². The molecule has 38 heavy (non-hydrogen) atoms. The van der Waals surface area contributed by atoms with Crippen LogP contribution in [-0.2, 0) is 19.9 Å². The number of hydrogen-bond acceptors (Lipinski definition) is 2. The summed E-state index contributed by atoms with van der Waals surface area (Å²) in [5.74, 6) is 2.49. The number of nitriles is 1. The van der Waals surface area contributed by atoms with Gasteiger partial charge in [-0.2, -0.15) is 5.26 Å². The lowest BCUT2D eigenvalue weighted by Crippen LogP contribution is -2.32. The van der Waals surface area contributed by atoms with E-state index in [0.29, 0.717) is 5.92 Å². The maximum Gasteiger partial charge on any atom is 0.228 e. The van der Waals surface area contributed by atoms with Crippen molar-refractivity contribution in [3.63, 3.8) is 0 Å². The predicted molar refractivity (Wildman–Crippen MR) is 157 cm³/mol. The van der Waals surface area contributed by atoms with Gasteiger partial charge in [-0.1, -0.05) is 50.2 Å². The molecular weight excluding hydrogens is 464 g/mol. The van der Waals surface area contributed by atoms with Crippen LogP contribution in [-0.4, -0.2) is 0 Å². The third-order valence-electron chi connectivity index (χ3n) is 8.14. The average Bonchev–Trinajstić information content (AvgIpc) is 2.88. The summed E-state index contributed by atoms with van der Waals surface area (Å²) in [6, 6.07) is 20.4. The molecule has 3 heteroatoms. The SMILES string of the molecule is Cc1c2c(c(C)c3cc(CC(C)C)ccc13)-c1c3c(cc4ccc(CC(C)(C)C#N)cc4c3cc[n+]1C)O2. The Morgan fingerprint density at radius 2 is 1.63 bits per heavy atom. The van der Waals surface area contributed by atoms with E-state index in [4.69, 9.17) is 4.74 Å². The van der Waals surface area contributed by atoms with Gasteiger partial charge in [-0.05, 0) is 90.8 Å². The molecule has 1 aliphatic rings. The average molecular weight is 500 g/mol. The molecule has 0 atom stereocenters. The number of aryl methyl sites for hydroxylation is 3. The van der Waals surface area contributed by atoms with Crippen LogP contribution >= 0.6 is 0 Å². The van der Waals surface area contributed by atoms with Crippen molar-refractivity contribution < 1.29 is 9.30 Å². The van der Waals surface area contributed by atoms with Crippen LogP contribution in [0.4, 0.5) is 0 Å². The molecule has 0 saturated heterocycles. The lowest BCUT2D eigenvalue weighted by atomic mass is 9.85. The number of ether oxygens (including phenoxy) is 1. The molecule has 0 spiro atoms. The second-order valence-corrected chi connectivity index (χ2v) is 12.2. The summed E-state index contributed by atoms with van der Waals surface area (Å²) in [6.45, 7) is 13.0. The summed E-state index contributed by atoms with van der Waals surface area (Å²) < 4.78 is 9.05. The second-order valence-electron chi connectivity index (χ2n) is 12.2. The lowest BCUT2D eigenvalue weighted by Gasteiger charge is -2.25. The summed E-state index contributed by atoms with van der Waals surface area (Å²) in [5.41, 5.74) is 7.02. The minimum Gasteiger partial charge on any atom is -0.455 e. The minimum absolute atomic E-state index is 0.404. The van der Waals surface area contributed by atoms with Crippen molar-refractivity contribution in [1.29, 1.82) is 5.26 Å². The molecule has 0 bridgehead atoms. The molecule has 0 aliphatic carbocycles. The highest BCUT2D eigenvalue weighted by molar-refractivity contribution is 6.16. The quantitative estimate of drug-likeness (QED) is 0.180. The maximum atomic E-state index is 9.59. The molecule has 0 N–H and O–H groups in total. The standard InChI is InChI=1S/C35H35N2O/c1-20(2)14-23-9-11-26-22(4)34-31(21(3)28(26)15-23)33-32-27(12-13-37(33)7)29-16-24(18-35(5,6)19-36)8-10-25(29)17-30(32)38-34/h8-13,15-17,20H,14,18H2,1-7H3/q+1. The third-order valence-corrected chi connectivity index (χ3v) is 8.14. The molecule has 1 aliphatic heterocycles. The summed E-state index contributed by atoms with van der Waals surface area (Å²) >= 11 is 0. The fourth-order valence-electron chi connectivity index (χ4n) is 6.30. The van der Waals surface area contributed by atoms with E-state index in [1.165, 1.54) is 55.1 Å². The highest BCUT2D eigenvalue weighted by Gasteiger charge is 2.32. The zero-order chi connectivity index (χ0) is 26.9. The second kappa shape index (κ2) is 8.57. The molecule has 0 fully saturated rings. The van der Waals surface area contributed by atoms with Gasteiger partial charge < -0.3 is 4.74 Å². The number of rotatable bonds is 4. The maximum absolute atomic E-state index is 9.59. The summed E-state index contributed by atoms with van der Waals surface area (Å²) in [6.07, 6.45) is 3.97. The zero-order valence-corrected chi connectivity index (χ0v) is 23.5. The van der Waals surface area contributed by atoms with Crippen LogP contribution in [0.5, 0.6) is 11.5 Å². The Labute approximate surface area is 225 Å². The van der Waals surface area contributed by atoms with E-state index in [1.54, 1.807) is 0 Å². The fraction of sp³-hybridized carbons (Fsp3) is 0.314. The lowest BCUT2D eigenvalue weighted by molar-refractivity contribution is -0.659. The van der Waals surface area contributed by atoms with Crippen LogP contribution in [0, 0.1) is 36.5 Å². The molecule has 2 heterocycles. The van der Waals surface area contributed by atoms with Gasteiger partial charge in [-0.3, -0.25) is 0 Å². The molecule has 5 aromatic rings. The Morgan fingerprint density at radius 1 is 0.895 bits per heavy atom. The minimum atomic E-state index is -0.404. The van der Waals surface area contributed by atoms with E-state index in [2.05, 4.69) is 100 Å². The first kappa shape index (κ1) is 24.4. The van der Waals surface area contributed by atoms with Crippen molar-refractivity contribution in [2.75, 3.05) is 0 Å². The molecule has 3 nitrogen and oxygen atoms in total. The molecule has 0 saturated carbocycles. The van der Waals surface area contributed by atoms with Crippen LogP contribution in [0.15, 0.2) is 54.7 Å². The van der Waals surface area contributed by atoms with Gasteiger partial charge in [-0.25, -0.2) is 4.57 Å². The number of aromatic nitrogens is 1. The van der Waals surface area contributed by atoms with Crippen molar-refractivity contribution in [1.82, 2.24) is 0 Å². The van der Waals surface area contributed by atoms with Crippen LogP contribution in [0.2, 0.25) is 0 Å². The monoisotopic (exact) mass is 499 g/mol. The fourth-order valence-corrected chi connectivity index (χ4v) is 6.30. The first-order valence-corrected chi connectivity index (χ1v) is 13.6. The predicted octanol–water partition coefficient (Wildman–Crippen LogP) is 8.65. The van der Waals surface area contributed by atoms with Gasteiger partial charge in [0.25, 0.3) is 0 Å². The number of fused-ring (bicyclic) bond motifs is 5. The molecule has 0 amide bonds. The molecule has 0 radical (unpaired) electrons. The highest BCUT2D eigenvalue weighted by Crippen LogP contribution is 2.51. The number of pyridine rings is 1. The molecule has 0 unspecified atom stereocenters. The van der Waals surface area contributed by atoms with E-state index in [-0.39, 0.29) is 0 Å². The van der Waals surface area contributed by atoms with Crippen molar-refractivity contribution >= 4 is 32.3 Å². The van der Waals surface area contributed by atoms with Gasteiger partial charge in [-0.15, -0.1) is 0 Å². The van der Waals surface area contributed by atoms with E-state index in [0.717, 1.165) is 35.1 Å². The molecular formula is C35H35N2O+.